The molecule has 1 amide bonds. The van der Waals surface area contributed by atoms with E-state index < -0.39 is 11.7 Å². The lowest BCUT2D eigenvalue weighted by molar-refractivity contribution is 0.100. The Balaban J connectivity index is 2.15. The molecule has 0 unspecified atom stereocenters. The number of aliphatic imine (C=N–C) groups is 1. The van der Waals surface area contributed by atoms with Gasteiger partial charge in [0, 0.05) is 17.2 Å². The highest BCUT2D eigenvalue weighted by molar-refractivity contribution is 6.31. The highest BCUT2D eigenvalue weighted by atomic mass is 35.5. The lowest BCUT2D eigenvalue weighted by Crippen LogP contribution is -2.10. The van der Waals surface area contributed by atoms with Gasteiger partial charge in [0.15, 0.2) is 11.5 Å². The zero-order valence-corrected chi connectivity index (χ0v) is 16.3. The van der Waals surface area contributed by atoms with Crippen molar-refractivity contribution in [3.8, 4) is 29.0 Å². The van der Waals surface area contributed by atoms with Crippen molar-refractivity contribution in [3.05, 3.63) is 70.5 Å². The topological polar surface area (TPSA) is 122 Å². The first-order chi connectivity index (χ1) is 14.3. The van der Waals surface area contributed by atoms with Crippen LogP contribution in [0.4, 0.5) is 10.1 Å². The second-order valence-corrected chi connectivity index (χ2v) is 6.43. The summed E-state index contributed by atoms with van der Waals surface area (Å²) in [6.07, 6.45) is 0. The van der Waals surface area contributed by atoms with E-state index in [-0.39, 0.29) is 44.9 Å². The summed E-state index contributed by atoms with van der Waals surface area (Å²) in [4.78, 5) is 19.6. The van der Waals surface area contributed by atoms with Crippen LogP contribution in [0.25, 0.3) is 11.3 Å². The number of carbonyl (C=O) groups is 1. The molecule has 3 aromatic rings. The van der Waals surface area contributed by atoms with Crippen LogP contribution in [0, 0.1) is 17.1 Å². The van der Waals surface area contributed by atoms with Crippen molar-refractivity contribution < 1.29 is 19.0 Å². The van der Waals surface area contributed by atoms with Crippen LogP contribution in [0.1, 0.15) is 15.9 Å². The Bertz CT molecular complexity index is 1200. The standard InChI is InChI=1S/C21H14ClFN4O3/c1-30-18-9-14(17(10-24)26-13-6-7-16(23)15(22)8-13)20(28)19(27-18)11-2-4-12(5-3-11)21(25)29/h2-9,28H,1H3,(H2,25,29)/b26-17+. The second kappa shape index (κ2) is 8.59. The predicted octanol–water partition coefficient (Wildman–Crippen LogP) is 4.00. The maximum Gasteiger partial charge on any atom is 0.248 e. The van der Waals surface area contributed by atoms with Crippen molar-refractivity contribution in [1.82, 2.24) is 4.98 Å². The number of nitriles is 1. The van der Waals surface area contributed by atoms with Crippen molar-refractivity contribution in [2.45, 2.75) is 0 Å². The van der Waals surface area contributed by atoms with E-state index in [1.807, 2.05) is 6.07 Å². The van der Waals surface area contributed by atoms with Crippen LogP contribution in [-0.2, 0) is 0 Å². The summed E-state index contributed by atoms with van der Waals surface area (Å²) in [5.74, 6) is -1.42. The lowest BCUT2D eigenvalue weighted by atomic mass is 10.0. The molecule has 0 atom stereocenters. The van der Waals surface area contributed by atoms with Crippen LogP contribution >= 0.6 is 11.6 Å². The van der Waals surface area contributed by atoms with Gasteiger partial charge in [0.25, 0.3) is 0 Å². The van der Waals surface area contributed by atoms with Crippen molar-refractivity contribution >= 4 is 28.9 Å². The minimum absolute atomic E-state index is 0.0544. The molecule has 30 heavy (non-hydrogen) atoms. The number of benzene rings is 2. The van der Waals surface area contributed by atoms with Gasteiger partial charge in [-0.3, -0.25) is 4.79 Å². The molecule has 0 fully saturated rings. The highest BCUT2D eigenvalue weighted by Gasteiger charge is 2.19. The molecule has 0 spiro atoms. The SMILES string of the molecule is COc1cc(/C(C#N)=N/c2ccc(F)c(Cl)c2)c(O)c(-c2ccc(C(N)=O)cc2)n1. The molecule has 7 nitrogen and oxygen atoms in total. The van der Waals surface area contributed by atoms with Crippen LogP contribution in [-0.4, -0.2) is 28.8 Å². The van der Waals surface area contributed by atoms with E-state index in [0.717, 1.165) is 6.07 Å². The maximum absolute atomic E-state index is 13.4. The summed E-state index contributed by atoms with van der Waals surface area (Å²) in [6.45, 7) is 0. The number of amides is 1. The van der Waals surface area contributed by atoms with Crippen molar-refractivity contribution in [2.24, 2.45) is 10.7 Å². The summed E-state index contributed by atoms with van der Waals surface area (Å²) in [7, 11) is 1.38. The van der Waals surface area contributed by atoms with Gasteiger partial charge in [-0.1, -0.05) is 23.7 Å². The number of methoxy groups -OCH3 is 1. The average Bonchev–Trinajstić information content (AvgIpc) is 2.75. The Morgan fingerprint density at radius 2 is 1.97 bits per heavy atom. The summed E-state index contributed by atoms with van der Waals surface area (Å²) in [5, 5.41) is 20.2. The molecule has 0 aliphatic rings. The Morgan fingerprint density at radius 1 is 1.27 bits per heavy atom. The molecule has 1 heterocycles. The molecule has 1 aromatic heterocycles. The molecule has 0 radical (unpaired) electrons. The van der Waals surface area contributed by atoms with Crippen LogP contribution in [0.5, 0.6) is 11.6 Å². The summed E-state index contributed by atoms with van der Waals surface area (Å²) >= 11 is 5.77. The number of halogens is 2. The zero-order valence-electron chi connectivity index (χ0n) is 15.6. The molecule has 0 aliphatic heterocycles. The number of nitrogens with two attached hydrogens (primary N) is 1. The maximum atomic E-state index is 13.4. The smallest absolute Gasteiger partial charge is 0.248 e. The second-order valence-electron chi connectivity index (χ2n) is 6.02. The van der Waals surface area contributed by atoms with Gasteiger partial charge in [0.2, 0.25) is 11.8 Å². The molecule has 150 valence electrons. The number of rotatable bonds is 5. The summed E-state index contributed by atoms with van der Waals surface area (Å²) in [6, 6.07) is 13.0. The van der Waals surface area contributed by atoms with E-state index in [1.165, 1.54) is 37.4 Å². The minimum atomic E-state index is -0.621. The molecule has 0 saturated heterocycles. The van der Waals surface area contributed by atoms with E-state index in [2.05, 4.69) is 9.98 Å². The van der Waals surface area contributed by atoms with Crippen molar-refractivity contribution in [2.75, 3.05) is 7.11 Å². The normalized spacial score (nSPS) is 11.1. The van der Waals surface area contributed by atoms with Crippen LogP contribution in [0.15, 0.2) is 53.5 Å². The van der Waals surface area contributed by atoms with Crippen molar-refractivity contribution in [1.29, 1.82) is 5.26 Å². The number of carbonyl (C=O) groups excluding carboxylic acids is 1. The van der Waals surface area contributed by atoms with E-state index in [0.29, 0.717) is 5.56 Å². The fraction of sp³-hybridized carbons (Fsp3) is 0.0476. The molecule has 2 aromatic carbocycles. The molecule has 3 N–H and O–H groups in total. The third-order valence-electron chi connectivity index (χ3n) is 4.13. The monoisotopic (exact) mass is 424 g/mol. The van der Waals surface area contributed by atoms with Gasteiger partial charge >= 0.3 is 0 Å². The number of primary amides is 1. The molecule has 3 rings (SSSR count). The van der Waals surface area contributed by atoms with E-state index in [9.17, 15) is 19.6 Å². The molecular weight excluding hydrogens is 411 g/mol. The van der Waals surface area contributed by atoms with Gasteiger partial charge in [0.1, 0.15) is 17.6 Å². The number of hydrogen-bond donors (Lipinski definition) is 2. The molecule has 0 aliphatic carbocycles. The van der Waals surface area contributed by atoms with Crippen molar-refractivity contribution in [3.63, 3.8) is 0 Å². The number of pyridine rings is 1. The lowest BCUT2D eigenvalue weighted by Gasteiger charge is -2.11. The highest BCUT2D eigenvalue weighted by Crippen LogP contribution is 2.34. The number of aromatic nitrogens is 1. The van der Waals surface area contributed by atoms with Gasteiger partial charge in [-0.15, -0.1) is 0 Å². The number of aromatic hydroxyl groups is 1. The van der Waals surface area contributed by atoms with Crippen LogP contribution in [0.3, 0.4) is 0 Å². The number of ether oxygens (including phenoxy) is 1. The van der Waals surface area contributed by atoms with Gasteiger partial charge < -0.3 is 15.6 Å². The summed E-state index contributed by atoms with van der Waals surface area (Å²) < 4.78 is 18.6. The average molecular weight is 425 g/mol. The largest absolute Gasteiger partial charge is 0.505 e. The molecule has 0 saturated carbocycles. The van der Waals surface area contributed by atoms with E-state index in [1.54, 1.807) is 12.1 Å². The Kier molecular flexibility index (Phi) is 5.95. The molecule has 0 bridgehead atoms. The zero-order chi connectivity index (χ0) is 21.8. The first-order valence-electron chi connectivity index (χ1n) is 8.46. The first-order valence-corrected chi connectivity index (χ1v) is 8.84. The number of nitrogens with zero attached hydrogens (tertiary/aromatic N) is 3. The Labute approximate surface area is 175 Å². The fourth-order valence-electron chi connectivity index (χ4n) is 2.62. The van der Waals surface area contributed by atoms with Gasteiger partial charge in [-0.25, -0.2) is 14.4 Å². The predicted molar refractivity (Wildman–Crippen MR) is 110 cm³/mol. The van der Waals surface area contributed by atoms with Gasteiger partial charge in [-0.05, 0) is 30.3 Å². The van der Waals surface area contributed by atoms with Gasteiger partial charge in [-0.2, -0.15) is 5.26 Å². The van der Waals surface area contributed by atoms with Crippen LogP contribution < -0.4 is 10.5 Å². The van der Waals surface area contributed by atoms with Crippen LogP contribution in [0.2, 0.25) is 5.02 Å². The number of hydrogen-bond acceptors (Lipinski definition) is 6. The third-order valence-corrected chi connectivity index (χ3v) is 4.42. The fourth-order valence-corrected chi connectivity index (χ4v) is 2.80. The minimum Gasteiger partial charge on any atom is -0.505 e. The first kappa shape index (κ1) is 20.8. The Hall–Kier alpha value is -3.96. The van der Waals surface area contributed by atoms with E-state index >= 15 is 0 Å². The van der Waals surface area contributed by atoms with E-state index in [4.69, 9.17) is 22.1 Å². The molecular formula is C21H14ClFN4O3. The quantitative estimate of drug-likeness (QED) is 0.599. The third kappa shape index (κ3) is 4.21. The molecule has 9 heteroatoms. The van der Waals surface area contributed by atoms with Gasteiger partial charge in [0.05, 0.1) is 23.4 Å². The summed E-state index contributed by atoms with van der Waals surface area (Å²) in [5.41, 5.74) is 6.22. The Morgan fingerprint density at radius 3 is 2.53 bits per heavy atom.